The lowest BCUT2D eigenvalue weighted by atomic mass is 10.2. The number of carbonyl (C=O) groups excluding carboxylic acids is 2. The van der Waals surface area contributed by atoms with Crippen molar-refractivity contribution >= 4 is 46.3 Å². The summed E-state index contributed by atoms with van der Waals surface area (Å²) in [6.07, 6.45) is 0. The van der Waals surface area contributed by atoms with Gasteiger partial charge in [-0.25, -0.2) is 9.79 Å². The van der Waals surface area contributed by atoms with Gasteiger partial charge in [0, 0.05) is 12.7 Å². The van der Waals surface area contributed by atoms with E-state index >= 15 is 0 Å². The van der Waals surface area contributed by atoms with Gasteiger partial charge in [0.25, 0.3) is 11.8 Å². The summed E-state index contributed by atoms with van der Waals surface area (Å²) >= 11 is 0. The minimum absolute atomic E-state index is 0.0583. The lowest BCUT2D eigenvalue weighted by Crippen LogP contribution is -2.33. The molecule has 2 aromatic carbocycles. The third-order valence-electron chi connectivity index (χ3n) is 3.81. The standard InChI is InChI=1S/C18H15N5O4/c1-20-11-4-6-12(7-5-11)21-15-14(16(19)24)22-23(17(15)25)13-8-2-10(3-9-13)18(26)27/h2-9,20H,1H3,(H2,19,24)(H,26,27). The van der Waals surface area contributed by atoms with Crippen molar-refractivity contribution in [1.29, 1.82) is 0 Å². The number of carbonyl (C=O) groups is 3. The van der Waals surface area contributed by atoms with E-state index in [1.165, 1.54) is 24.3 Å². The van der Waals surface area contributed by atoms with Gasteiger partial charge >= 0.3 is 5.97 Å². The molecule has 0 saturated heterocycles. The maximum absolute atomic E-state index is 12.7. The van der Waals surface area contributed by atoms with Crippen molar-refractivity contribution < 1.29 is 19.5 Å². The quantitative estimate of drug-likeness (QED) is 0.735. The zero-order valence-corrected chi connectivity index (χ0v) is 14.2. The molecule has 0 saturated carbocycles. The number of aromatic carboxylic acids is 1. The van der Waals surface area contributed by atoms with Gasteiger partial charge < -0.3 is 16.2 Å². The van der Waals surface area contributed by atoms with Crippen molar-refractivity contribution in [3.05, 3.63) is 54.1 Å². The number of hydrogen-bond donors (Lipinski definition) is 3. The molecule has 1 aliphatic rings. The van der Waals surface area contributed by atoms with E-state index in [1.807, 2.05) is 0 Å². The number of carboxylic acids is 1. The van der Waals surface area contributed by atoms with Crippen LogP contribution in [0.1, 0.15) is 10.4 Å². The van der Waals surface area contributed by atoms with Crippen molar-refractivity contribution in [3.8, 4) is 0 Å². The number of aliphatic imine (C=N–C) groups is 1. The third kappa shape index (κ3) is 3.52. The van der Waals surface area contributed by atoms with Crippen LogP contribution in [0.5, 0.6) is 0 Å². The summed E-state index contributed by atoms with van der Waals surface area (Å²) in [5, 5.41) is 16.8. The number of nitrogens with two attached hydrogens (primary N) is 1. The first-order valence-corrected chi connectivity index (χ1v) is 7.84. The van der Waals surface area contributed by atoms with E-state index in [2.05, 4.69) is 15.4 Å². The molecule has 4 N–H and O–H groups in total. The zero-order valence-electron chi connectivity index (χ0n) is 14.2. The van der Waals surface area contributed by atoms with Gasteiger partial charge in [-0.1, -0.05) is 0 Å². The minimum atomic E-state index is -1.09. The number of rotatable bonds is 5. The topological polar surface area (TPSA) is 137 Å². The van der Waals surface area contributed by atoms with Crippen LogP contribution in [0, 0.1) is 0 Å². The highest BCUT2D eigenvalue weighted by atomic mass is 16.4. The van der Waals surface area contributed by atoms with E-state index in [4.69, 9.17) is 10.8 Å². The number of carboxylic acid groups (broad SMARTS) is 1. The molecule has 9 nitrogen and oxygen atoms in total. The number of nitrogens with zero attached hydrogens (tertiary/aromatic N) is 3. The van der Waals surface area contributed by atoms with Crippen molar-refractivity contribution in [2.24, 2.45) is 15.8 Å². The number of anilines is 2. The van der Waals surface area contributed by atoms with Crippen LogP contribution < -0.4 is 16.1 Å². The van der Waals surface area contributed by atoms with Gasteiger partial charge in [-0.2, -0.15) is 10.1 Å². The molecule has 1 aliphatic heterocycles. The number of nitrogens with one attached hydrogen (secondary N) is 1. The lowest BCUT2D eigenvalue weighted by molar-refractivity contribution is -0.113. The molecule has 136 valence electrons. The molecule has 0 spiro atoms. The first-order chi connectivity index (χ1) is 12.9. The van der Waals surface area contributed by atoms with Crippen LogP contribution >= 0.6 is 0 Å². The summed E-state index contributed by atoms with van der Waals surface area (Å²) in [6, 6.07) is 12.4. The highest BCUT2D eigenvalue weighted by molar-refractivity contribution is 6.84. The van der Waals surface area contributed by atoms with Gasteiger partial charge in [0.2, 0.25) is 0 Å². The van der Waals surface area contributed by atoms with Gasteiger partial charge in [0.15, 0.2) is 11.4 Å². The smallest absolute Gasteiger partial charge is 0.335 e. The average Bonchev–Trinajstić information content (AvgIpc) is 2.99. The summed E-state index contributed by atoms with van der Waals surface area (Å²) in [5.74, 6) is -2.62. The number of amides is 2. The molecule has 2 amide bonds. The van der Waals surface area contributed by atoms with E-state index in [0.29, 0.717) is 11.4 Å². The number of primary amides is 1. The summed E-state index contributed by atoms with van der Waals surface area (Å²) in [6.45, 7) is 0. The molecule has 0 fully saturated rings. The highest BCUT2D eigenvalue weighted by Crippen LogP contribution is 2.23. The fourth-order valence-corrected chi connectivity index (χ4v) is 2.41. The number of hydrazone groups is 1. The van der Waals surface area contributed by atoms with Crippen molar-refractivity contribution in [1.82, 2.24) is 0 Å². The summed E-state index contributed by atoms with van der Waals surface area (Å²) in [7, 11) is 1.77. The maximum atomic E-state index is 12.7. The molecule has 9 heteroatoms. The molecule has 0 atom stereocenters. The Morgan fingerprint density at radius 1 is 1.11 bits per heavy atom. The number of hydrogen-bond acceptors (Lipinski definition) is 6. The Kier molecular flexibility index (Phi) is 4.67. The Hall–Kier alpha value is -4.01. The number of benzene rings is 2. The van der Waals surface area contributed by atoms with Gasteiger partial charge in [-0.15, -0.1) is 0 Å². The molecule has 1 heterocycles. The normalized spacial score (nSPS) is 15.0. The Morgan fingerprint density at radius 2 is 1.74 bits per heavy atom. The first-order valence-electron chi connectivity index (χ1n) is 7.84. The molecule has 0 aliphatic carbocycles. The average molecular weight is 365 g/mol. The van der Waals surface area contributed by atoms with E-state index in [9.17, 15) is 14.4 Å². The van der Waals surface area contributed by atoms with E-state index in [1.54, 1.807) is 31.3 Å². The summed E-state index contributed by atoms with van der Waals surface area (Å²) in [4.78, 5) is 39.6. The van der Waals surface area contributed by atoms with Crippen molar-refractivity contribution in [2.45, 2.75) is 0 Å². The predicted octanol–water partition coefficient (Wildman–Crippen LogP) is 1.39. The second kappa shape index (κ2) is 7.08. The molecular weight excluding hydrogens is 350 g/mol. The fourth-order valence-electron chi connectivity index (χ4n) is 2.41. The molecule has 0 radical (unpaired) electrons. The van der Waals surface area contributed by atoms with Crippen LogP contribution in [0.4, 0.5) is 17.1 Å². The Balaban J connectivity index is 1.97. The second-order valence-corrected chi connectivity index (χ2v) is 5.54. The van der Waals surface area contributed by atoms with Crippen LogP contribution in [0.3, 0.4) is 0 Å². The van der Waals surface area contributed by atoms with E-state index < -0.39 is 17.8 Å². The third-order valence-corrected chi connectivity index (χ3v) is 3.81. The molecule has 2 aromatic rings. The molecule has 0 unspecified atom stereocenters. The molecule has 27 heavy (non-hydrogen) atoms. The van der Waals surface area contributed by atoms with Crippen LogP contribution in [0.25, 0.3) is 0 Å². The lowest BCUT2D eigenvalue weighted by Gasteiger charge is -2.11. The van der Waals surface area contributed by atoms with Gasteiger partial charge in [-0.05, 0) is 48.5 Å². The Labute approximate surface area is 153 Å². The van der Waals surface area contributed by atoms with Crippen molar-refractivity contribution in [2.75, 3.05) is 17.4 Å². The van der Waals surface area contributed by atoms with Crippen LogP contribution in [-0.4, -0.2) is 41.4 Å². The van der Waals surface area contributed by atoms with Crippen molar-refractivity contribution in [3.63, 3.8) is 0 Å². The second-order valence-electron chi connectivity index (χ2n) is 5.54. The molecular formula is C18H15N5O4. The van der Waals surface area contributed by atoms with Gasteiger partial charge in [-0.3, -0.25) is 9.59 Å². The predicted molar refractivity (Wildman–Crippen MR) is 101 cm³/mol. The largest absolute Gasteiger partial charge is 0.478 e. The Bertz CT molecular complexity index is 978. The molecule has 3 rings (SSSR count). The fraction of sp³-hybridized carbons (Fsp3) is 0.0556. The maximum Gasteiger partial charge on any atom is 0.335 e. The van der Waals surface area contributed by atoms with E-state index in [0.717, 1.165) is 10.7 Å². The molecule has 0 bridgehead atoms. The van der Waals surface area contributed by atoms with Crippen LogP contribution in [0.15, 0.2) is 58.6 Å². The minimum Gasteiger partial charge on any atom is -0.478 e. The van der Waals surface area contributed by atoms with Gasteiger partial charge in [0.05, 0.1) is 16.9 Å². The highest BCUT2D eigenvalue weighted by Gasteiger charge is 2.36. The van der Waals surface area contributed by atoms with Crippen LogP contribution in [0.2, 0.25) is 0 Å². The SMILES string of the molecule is CNc1ccc(N=C2C(=O)N(c3ccc(C(=O)O)cc3)N=C2C(N)=O)cc1. The Morgan fingerprint density at radius 3 is 2.26 bits per heavy atom. The zero-order chi connectivity index (χ0) is 19.6. The van der Waals surface area contributed by atoms with Gasteiger partial charge in [0.1, 0.15) is 0 Å². The monoisotopic (exact) mass is 365 g/mol. The summed E-state index contributed by atoms with van der Waals surface area (Å²) < 4.78 is 0. The first kappa shape index (κ1) is 17.8. The molecule has 0 aromatic heterocycles. The van der Waals surface area contributed by atoms with Crippen LogP contribution in [-0.2, 0) is 9.59 Å². The van der Waals surface area contributed by atoms with E-state index in [-0.39, 0.29) is 17.0 Å². The summed E-state index contributed by atoms with van der Waals surface area (Å²) in [5.41, 5.74) is 6.56.